The smallest absolute Gasteiger partial charge is 0.191 e. The molecular weight excluding hydrogens is 338 g/mol. The Hall–Kier alpha value is -2.40. The van der Waals surface area contributed by atoms with Gasteiger partial charge in [-0.3, -0.25) is 4.99 Å². The number of methoxy groups -OCH3 is 2. The second kappa shape index (κ2) is 9.79. The van der Waals surface area contributed by atoms with Gasteiger partial charge in [-0.2, -0.15) is 0 Å². The Morgan fingerprint density at radius 3 is 2.28 bits per heavy atom. The number of hydrogen-bond acceptors (Lipinski definition) is 3. The summed E-state index contributed by atoms with van der Waals surface area (Å²) in [5.74, 6) is 2.36. The third-order valence-electron chi connectivity index (χ3n) is 3.79. The van der Waals surface area contributed by atoms with E-state index in [9.17, 15) is 0 Å². The van der Waals surface area contributed by atoms with Crippen LogP contribution in [-0.2, 0) is 13.0 Å². The molecule has 134 valence electrons. The van der Waals surface area contributed by atoms with Crippen molar-refractivity contribution < 1.29 is 9.47 Å². The van der Waals surface area contributed by atoms with Crippen LogP contribution in [0.2, 0.25) is 5.02 Å². The lowest BCUT2D eigenvalue weighted by Crippen LogP contribution is -2.37. The van der Waals surface area contributed by atoms with Gasteiger partial charge in [0.15, 0.2) is 5.96 Å². The van der Waals surface area contributed by atoms with Gasteiger partial charge in [-0.15, -0.1) is 0 Å². The molecule has 0 heterocycles. The average molecular weight is 362 g/mol. The van der Waals surface area contributed by atoms with Gasteiger partial charge >= 0.3 is 0 Å². The fourth-order valence-corrected chi connectivity index (χ4v) is 2.59. The summed E-state index contributed by atoms with van der Waals surface area (Å²) in [5.41, 5.74) is 2.22. The molecule has 0 saturated carbocycles. The first kappa shape index (κ1) is 18.9. The van der Waals surface area contributed by atoms with Crippen molar-refractivity contribution in [1.82, 2.24) is 10.6 Å². The Labute approximate surface area is 154 Å². The van der Waals surface area contributed by atoms with E-state index in [4.69, 9.17) is 21.1 Å². The highest BCUT2D eigenvalue weighted by Crippen LogP contribution is 2.22. The van der Waals surface area contributed by atoms with Crippen molar-refractivity contribution >= 4 is 17.6 Å². The second-order valence-electron chi connectivity index (χ2n) is 5.41. The standard InChI is InChI=1S/C19H24ClN3O2/c1-21-19(23-13-14-4-7-16(24-2)8-5-14)22-11-10-15-6-9-17(25-3)12-18(15)20/h4-9,12H,10-11,13H2,1-3H3,(H2,21,22,23). The van der Waals surface area contributed by atoms with Gasteiger partial charge in [0.1, 0.15) is 11.5 Å². The minimum absolute atomic E-state index is 0.687. The quantitative estimate of drug-likeness (QED) is 0.587. The lowest BCUT2D eigenvalue weighted by atomic mass is 10.1. The zero-order valence-electron chi connectivity index (χ0n) is 14.8. The summed E-state index contributed by atoms with van der Waals surface area (Å²) < 4.78 is 10.3. The molecule has 0 atom stereocenters. The van der Waals surface area contributed by atoms with Crippen LogP contribution in [0.4, 0.5) is 0 Å². The number of nitrogens with zero attached hydrogens (tertiary/aromatic N) is 1. The maximum Gasteiger partial charge on any atom is 0.191 e. The predicted octanol–water partition coefficient (Wildman–Crippen LogP) is 3.26. The van der Waals surface area contributed by atoms with Crippen molar-refractivity contribution in [2.24, 2.45) is 4.99 Å². The topological polar surface area (TPSA) is 54.9 Å². The second-order valence-corrected chi connectivity index (χ2v) is 5.82. The zero-order valence-corrected chi connectivity index (χ0v) is 15.6. The summed E-state index contributed by atoms with van der Waals surface area (Å²) >= 11 is 6.26. The van der Waals surface area contributed by atoms with Crippen molar-refractivity contribution in [3.05, 3.63) is 58.6 Å². The van der Waals surface area contributed by atoms with E-state index in [1.165, 1.54) is 0 Å². The number of guanidine groups is 1. The monoisotopic (exact) mass is 361 g/mol. The molecule has 0 aromatic heterocycles. The Morgan fingerprint density at radius 2 is 1.68 bits per heavy atom. The molecule has 25 heavy (non-hydrogen) atoms. The van der Waals surface area contributed by atoms with Crippen LogP contribution in [0.3, 0.4) is 0 Å². The van der Waals surface area contributed by atoms with Gasteiger partial charge in [0.25, 0.3) is 0 Å². The molecular formula is C19H24ClN3O2. The number of benzene rings is 2. The largest absolute Gasteiger partial charge is 0.497 e. The molecule has 2 aromatic carbocycles. The van der Waals surface area contributed by atoms with Gasteiger partial charge < -0.3 is 20.1 Å². The van der Waals surface area contributed by atoms with Crippen molar-refractivity contribution in [1.29, 1.82) is 0 Å². The molecule has 0 radical (unpaired) electrons. The first-order valence-corrected chi connectivity index (χ1v) is 8.44. The average Bonchev–Trinajstić information content (AvgIpc) is 2.66. The number of rotatable bonds is 7. The van der Waals surface area contributed by atoms with Gasteiger partial charge in [0.2, 0.25) is 0 Å². The number of ether oxygens (including phenoxy) is 2. The number of nitrogens with one attached hydrogen (secondary N) is 2. The number of hydrogen-bond donors (Lipinski definition) is 2. The van der Waals surface area contributed by atoms with Crippen LogP contribution in [-0.4, -0.2) is 33.8 Å². The molecule has 0 amide bonds. The fourth-order valence-electron chi connectivity index (χ4n) is 2.32. The molecule has 0 unspecified atom stereocenters. The van der Waals surface area contributed by atoms with E-state index in [1.54, 1.807) is 21.3 Å². The van der Waals surface area contributed by atoms with Gasteiger partial charge in [-0.25, -0.2) is 0 Å². The first-order chi connectivity index (χ1) is 12.2. The van der Waals surface area contributed by atoms with Gasteiger partial charge in [0.05, 0.1) is 14.2 Å². The molecule has 2 N–H and O–H groups in total. The van der Waals surface area contributed by atoms with E-state index in [0.717, 1.165) is 41.6 Å². The number of aliphatic imine (C=N–C) groups is 1. The lowest BCUT2D eigenvalue weighted by molar-refractivity contribution is 0.414. The summed E-state index contributed by atoms with van der Waals surface area (Å²) in [5, 5.41) is 7.29. The fraction of sp³-hybridized carbons (Fsp3) is 0.316. The summed E-state index contributed by atoms with van der Waals surface area (Å²) in [6.45, 7) is 1.42. The summed E-state index contributed by atoms with van der Waals surface area (Å²) in [7, 11) is 5.04. The van der Waals surface area contributed by atoms with Crippen LogP contribution in [0.5, 0.6) is 11.5 Å². The summed E-state index contributed by atoms with van der Waals surface area (Å²) in [6.07, 6.45) is 0.798. The van der Waals surface area contributed by atoms with Crippen LogP contribution in [0.25, 0.3) is 0 Å². The Balaban J connectivity index is 1.80. The van der Waals surface area contributed by atoms with E-state index in [1.807, 2.05) is 42.5 Å². The molecule has 2 aromatic rings. The molecule has 0 aliphatic carbocycles. The Kier molecular flexibility index (Phi) is 7.41. The van der Waals surface area contributed by atoms with Crippen LogP contribution in [0.15, 0.2) is 47.5 Å². The van der Waals surface area contributed by atoms with Crippen LogP contribution in [0, 0.1) is 0 Å². The number of halogens is 1. The van der Waals surface area contributed by atoms with Gasteiger partial charge in [-0.1, -0.05) is 29.8 Å². The molecule has 6 heteroatoms. The third-order valence-corrected chi connectivity index (χ3v) is 4.14. The van der Waals surface area contributed by atoms with Crippen molar-refractivity contribution in [2.45, 2.75) is 13.0 Å². The molecule has 2 rings (SSSR count). The molecule has 0 fully saturated rings. The minimum Gasteiger partial charge on any atom is -0.497 e. The summed E-state index contributed by atoms with van der Waals surface area (Å²) in [4.78, 5) is 4.23. The van der Waals surface area contributed by atoms with E-state index in [-0.39, 0.29) is 0 Å². The first-order valence-electron chi connectivity index (χ1n) is 8.06. The molecule has 0 bridgehead atoms. The Bertz CT molecular complexity index is 702. The van der Waals surface area contributed by atoms with E-state index in [0.29, 0.717) is 11.6 Å². The predicted molar refractivity (Wildman–Crippen MR) is 103 cm³/mol. The highest BCUT2D eigenvalue weighted by atomic mass is 35.5. The van der Waals surface area contributed by atoms with E-state index < -0.39 is 0 Å². The van der Waals surface area contributed by atoms with Crippen LogP contribution < -0.4 is 20.1 Å². The molecule has 0 aliphatic heterocycles. The van der Waals surface area contributed by atoms with E-state index >= 15 is 0 Å². The molecule has 0 aliphatic rings. The maximum atomic E-state index is 6.26. The van der Waals surface area contributed by atoms with Crippen molar-refractivity contribution in [3.8, 4) is 11.5 Å². The molecule has 0 saturated heterocycles. The zero-order chi connectivity index (χ0) is 18.1. The maximum absolute atomic E-state index is 6.26. The lowest BCUT2D eigenvalue weighted by Gasteiger charge is -2.13. The highest BCUT2D eigenvalue weighted by molar-refractivity contribution is 6.31. The van der Waals surface area contributed by atoms with Crippen LogP contribution >= 0.6 is 11.6 Å². The molecule has 5 nitrogen and oxygen atoms in total. The normalized spacial score (nSPS) is 11.1. The van der Waals surface area contributed by atoms with E-state index in [2.05, 4.69) is 15.6 Å². The van der Waals surface area contributed by atoms with Crippen LogP contribution in [0.1, 0.15) is 11.1 Å². The van der Waals surface area contributed by atoms with Crippen molar-refractivity contribution in [3.63, 3.8) is 0 Å². The molecule has 0 spiro atoms. The van der Waals surface area contributed by atoms with Gasteiger partial charge in [0, 0.05) is 25.2 Å². The highest BCUT2D eigenvalue weighted by Gasteiger charge is 2.04. The minimum atomic E-state index is 0.687. The van der Waals surface area contributed by atoms with Gasteiger partial charge in [-0.05, 0) is 41.8 Å². The third kappa shape index (κ3) is 5.87. The summed E-state index contributed by atoms with van der Waals surface area (Å²) in [6, 6.07) is 13.7. The van der Waals surface area contributed by atoms with Crippen molar-refractivity contribution in [2.75, 3.05) is 27.8 Å². The SMILES string of the molecule is CN=C(NCCc1ccc(OC)cc1Cl)NCc1ccc(OC)cc1. The Morgan fingerprint density at radius 1 is 1.00 bits per heavy atom.